The number of benzene rings is 1. The summed E-state index contributed by atoms with van der Waals surface area (Å²) in [5, 5.41) is 1.28. The molecule has 0 radical (unpaired) electrons. The Labute approximate surface area is 110 Å². The van der Waals surface area contributed by atoms with Crippen molar-refractivity contribution in [3.63, 3.8) is 0 Å². The molecule has 1 aromatic heterocycles. The summed E-state index contributed by atoms with van der Waals surface area (Å²) in [5.41, 5.74) is 1.28. The van der Waals surface area contributed by atoms with Crippen LogP contribution in [0.2, 0.25) is 0 Å². The van der Waals surface area contributed by atoms with Gasteiger partial charge in [-0.1, -0.05) is 22.0 Å². The van der Waals surface area contributed by atoms with Gasteiger partial charge in [0.2, 0.25) is 0 Å². The minimum absolute atomic E-state index is 0.375. The third kappa shape index (κ3) is 2.14. The van der Waals surface area contributed by atoms with Gasteiger partial charge in [0, 0.05) is 28.1 Å². The first-order valence-corrected chi connectivity index (χ1v) is 6.92. The Morgan fingerprint density at radius 1 is 1.35 bits per heavy atom. The molecule has 3 rings (SSSR count). The second kappa shape index (κ2) is 4.46. The van der Waals surface area contributed by atoms with E-state index in [0.717, 1.165) is 11.0 Å². The van der Waals surface area contributed by atoms with Crippen molar-refractivity contribution in [2.45, 2.75) is 38.5 Å². The monoisotopic (exact) mass is 293 g/mol. The van der Waals surface area contributed by atoms with Gasteiger partial charge in [0.25, 0.3) is 0 Å². The Morgan fingerprint density at radius 3 is 3.00 bits per heavy atom. The minimum Gasteiger partial charge on any atom is -0.373 e. The summed E-state index contributed by atoms with van der Waals surface area (Å²) in [6.07, 6.45) is 5.32. The van der Waals surface area contributed by atoms with Crippen LogP contribution in [-0.4, -0.2) is 16.8 Å². The lowest BCUT2D eigenvalue weighted by Crippen LogP contribution is -2.15. The van der Waals surface area contributed by atoms with Crippen molar-refractivity contribution in [3.8, 4) is 0 Å². The molecule has 90 valence electrons. The van der Waals surface area contributed by atoms with Crippen LogP contribution in [0.15, 0.2) is 34.9 Å². The van der Waals surface area contributed by atoms with Gasteiger partial charge < -0.3 is 9.30 Å². The maximum Gasteiger partial charge on any atom is 0.0758 e. The Kier molecular flexibility index (Phi) is 2.97. The maximum atomic E-state index is 5.88. The van der Waals surface area contributed by atoms with Crippen LogP contribution in [0, 0.1) is 0 Å². The molecule has 1 fully saturated rings. The number of fused-ring (bicyclic) bond motifs is 1. The molecule has 0 aliphatic carbocycles. The summed E-state index contributed by atoms with van der Waals surface area (Å²) in [7, 11) is 0. The fourth-order valence-electron chi connectivity index (χ4n) is 2.58. The summed E-state index contributed by atoms with van der Waals surface area (Å²) in [6, 6.07) is 8.50. The van der Waals surface area contributed by atoms with Crippen molar-refractivity contribution in [1.29, 1.82) is 0 Å². The van der Waals surface area contributed by atoms with Crippen LogP contribution < -0.4 is 0 Å². The van der Waals surface area contributed by atoms with Gasteiger partial charge in [-0.2, -0.15) is 0 Å². The molecular formula is C14H16BrNO. The molecule has 2 aromatic rings. The molecule has 2 atom stereocenters. The molecule has 1 aromatic carbocycles. The summed E-state index contributed by atoms with van der Waals surface area (Å²) >= 11 is 3.59. The fraction of sp³-hybridized carbons (Fsp3) is 0.429. The predicted octanol–water partition coefficient (Wildman–Crippen LogP) is 3.97. The molecule has 1 saturated heterocycles. The number of nitrogens with zero attached hydrogens (tertiary/aromatic N) is 1. The number of halogens is 1. The van der Waals surface area contributed by atoms with E-state index in [1.54, 1.807) is 0 Å². The smallest absolute Gasteiger partial charge is 0.0758 e. The third-order valence-electron chi connectivity index (χ3n) is 3.48. The molecule has 17 heavy (non-hydrogen) atoms. The highest BCUT2D eigenvalue weighted by molar-refractivity contribution is 9.10. The lowest BCUT2D eigenvalue weighted by atomic mass is 10.2. The van der Waals surface area contributed by atoms with Crippen LogP contribution in [0.3, 0.4) is 0 Å². The molecule has 2 nitrogen and oxygen atoms in total. The van der Waals surface area contributed by atoms with Gasteiger partial charge >= 0.3 is 0 Å². The molecule has 0 N–H and O–H groups in total. The normalized spacial score (nSPS) is 24.6. The lowest BCUT2D eigenvalue weighted by Gasteiger charge is -2.13. The Bertz CT molecular complexity index is 534. The van der Waals surface area contributed by atoms with Crippen LogP contribution >= 0.6 is 15.9 Å². The molecule has 2 unspecified atom stereocenters. The molecule has 1 aliphatic heterocycles. The summed E-state index contributed by atoms with van der Waals surface area (Å²) in [4.78, 5) is 0. The van der Waals surface area contributed by atoms with E-state index in [2.05, 4.69) is 57.9 Å². The van der Waals surface area contributed by atoms with Gasteiger partial charge in [0.15, 0.2) is 0 Å². The fourth-order valence-corrected chi connectivity index (χ4v) is 3.07. The van der Waals surface area contributed by atoms with Crippen molar-refractivity contribution in [2.24, 2.45) is 0 Å². The standard InChI is InChI=1S/C14H16BrNO/c1-10-5-6-11(17-10)9-16-8-7-12-13(15)3-2-4-14(12)16/h2-4,7-8,10-11H,5-6,9H2,1H3. The van der Waals surface area contributed by atoms with E-state index in [4.69, 9.17) is 4.74 Å². The first-order valence-electron chi connectivity index (χ1n) is 6.13. The van der Waals surface area contributed by atoms with Crippen molar-refractivity contribution < 1.29 is 4.74 Å². The summed E-state index contributed by atoms with van der Waals surface area (Å²) in [5.74, 6) is 0. The first-order chi connectivity index (χ1) is 8.24. The van der Waals surface area contributed by atoms with Crippen LogP contribution in [0.1, 0.15) is 19.8 Å². The topological polar surface area (TPSA) is 14.2 Å². The van der Waals surface area contributed by atoms with Gasteiger partial charge in [0.05, 0.1) is 12.2 Å². The van der Waals surface area contributed by atoms with Gasteiger partial charge in [-0.3, -0.25) is 0 Å². The Morgan fingerprint density at radius 2 is 2.24 bits per heavy atom. The zero-order chi connectivity index (χ0) is 11.8. The van der Waals surface area contributed by atoms with Crippen LogP contribution in [0.4, 0.5) is 0 Å². The quantitative estimate of drug-likeness (QED) is 0.817. The molecule has 3 heteroatoms. The second-order valence-corrected chi connectivity index (χ2v) is 5.64. The van der Waals surface area contributed by atoms with E-state index in [0.29, 0.717) is 12.2 Å². The Hall–Kier alpha value is -0.800. The van der Waals surface area contributed by atoms with Crippen molar-refractivity contribution >= 4 is 26.8 Å². The number of aromatic nitrogens is 1. The first kappa shape index (κ1) is 11.3. The van der Waals surface area contributed by atoms with Crippen molar-refractivity contribution in [2.75, 3.05) is 0 Å². The number of ether oxygens (including phenoxy) is 1. The highest BCUT2D eigenvalue weighted by atomic mass is 79.9. The number of hydrogen-bond acceptors (Lipinski definition) is 1. The number of hydrogen-bond donors (Lipinski definition) is 0. The van der Waals surface area contributed by atoms with Gasteiger partial charge in [-0.05, 0) is 38.0 Å². The Balaban J connectivity index is 1.88. The van der Waals surface area contributed by atoms with Gasteiger partial charge in [-0.25, -0.2) is 0 Å². The highest BCUT2D eigenvalue weighted by Gasteiger charge is 2.22. The molecule has 0 spiro atoms. The van der Waals surface area contributed by atoms with E-state index in [9.17, 15) is 0 Å². The SMILES string of the molecule is CC1CCC(Cn2ccc3c(Br)cccc32)O1. The molecule has 0 amide bonds. The zero-order valence-electron chi connectivity index (χ0n) is 9.90. The van der Waals surface area contributed by atoms with Crippen LogP contribution in [0.25, 0.3) is 10.9 Å². The van der Waals surface area contributed by atoms with E-state index in [1.165, 1.54) is 23.7 Å². The summed E-state index contributed by atoms with van der Waals surface area (Å²) < 4.78 is 9.34. The van der Waals surface area contributed by atoms with Crippen LogP contribution in [0.5, 0.6) is 0 Å². The van der Waals surface area contributed by atoms with E-state index in [1.807, 2.05) is 0 Å². The number of rotatable bonds is 2. The molecule has 2 heterocycles. The van der Waals surface area contributed by atoms with Gasteiger partial charge in [-0.15, -0.1) is 0 Å². The highest BCUT2D eigenvalue weighted by Crippen LogP contribution is 2.27. The summed E-state index contributed by atoms with van der Waals surface area (Å²) in [6.45, 7) is 3.12. The van der Waals surface area contributed by atoms with E-state index >= 15 is 0 Å². The second-order valence-electron chi connectivity index (χ2n) is 4.79. The maximum absolute atomic E-state index is 5.88. The van der Waals surface area contributed by atoms with E-state index in [-0.39, 0.29) is 0 Å². The molecule has 0 bridgehead atoms. The average molecular weight is 294 g/mol. The van der Waals surface area contributed by atoms with Gasteiger partial charge in [0.1, 0.15) is 0 Å². The third-order valence-corrected chi connectivity index (χ3v) is 4.17. The average Bonchev–Trinajstić information content (AvgIpc) is 2.88. The largest absolute Gasteiger partial charge is 0.373 e. The lowest BCUT2D eigenvalue weighted by molar-refractivity contribution is 0.0465. The minimum atomic E-state index is 0.375. The van der Waals surface area contributed by atoms with Crippen molar-refractivity contribution in [3.05, 3.63) is 34.9 Å². The van der Waals surface area contributed by atoms with Crippen molar-refractivity contribution in [1.82, 2.24) is 4.57 Å². The predicted molar refractivity (Wildman–Crippen MR) is 73.2 cm³/mol. The van der Waals surface area contributed by atoms with Crippen LogP contribution in [-0.2, 0) is 11.3 Å². The van der Waals surface area contributed by atoms with E-state index < -0.39 is 0 Å². The zero-order valence-corrected chi connectivity index (χ0v) is 11.5. The molecule has 1 aliphatic rings. The molecular weight excluding hydrogens is 278 g/mol. The molecule has 0 saturated carbocycles.